The smallest absolute Gasteiger partial charge is 0.325 e. The Hall–Kier alpha value is -2.59. The maximum atomic E-state index is 13.0. The van der Waals surface area contributed by atoms with Crippen molar-refractivity contribution in [3.05, 3.63) is 59.2 Å². The minimum absolute atomic E-state index is 0.192. The van der Waals surface area contributed by atoms with E-state index in [2.05, 4.69) is 4.98 Å². The highest BCUT2D eigenvalue weighted by Crippen LogP contribution is 2.31. The van der Waals surface area contributed by atoms with Crippen molar-refractivity contribution in [2.45, 2.75) is 17.9 Å². The molecule has 0 saturated carbocycles. The van der Waals surface area contributed by atoms with Crippen LogP contribution in [0.4, 0.5) is 0 Å². The first-order valence-electron chi connectivity index (χ1n) is 10.3. The summed E-state index contributed by atoms with van der Waals surface area (Å²) >= 11 is 6.04. The molecule has 1 aromatic heterocycles. The Morgan fingerprint density at radius 2 is 1.84 bits per heavy atom. The third-order valence-electron chi connectivity index (χ3n) is 5.62. The fourth-order valence-electron chi connectivity index (χ4n) is 4.06. The first-order chi connectivity index (χ1) is 15.3. The molecule has 4 rings (SSSR count). The third-order valence-corrected chi connectivity index (χ3v) is 7.76. The molecule has 0 bridgehead atoms. The highest BCUT2D eigenvalue weighted by molar-refractivity contribution is 7.89. The SMILES string of the molecule is CCOc1ccc(S(=O)(=O)N2CCN([C@@H](C(=O)O)c3c[nH]c4cc(Cl)ccc34)CC2)cc1. The van der Waals surface area contributed by atoms with Gasteiger partial charge >= 0.3 is 5.97 Å². The molecule has 1 saturated heterocycles. The van der Waals surface area contributed by atoms with Crippen LogP contribution in [0.1, 0.15) is 18.5 Å². The molecule has 1 aliphatic rings. The fraction of sp³-hybridized carbons (Fsp3) is 0.318. The zero-order chi connectivity index (χ0) is 22.9. The second kappa shape index (κ2) is 9.11. The molecule has 2 aromatic carbocycles. The molecule has 10 heteroatoms. The standard InChI is InChI=1S/C22H24ClN3O5S/c1-2-31-16-4-6-17(7-5-16)32(29,30)26-11-9-25(10-12-26)21(22(27)28)19-14-24-20-13-15(23)3-8-18(19)20/h3-8,13-14,21,24H,2,9-12H2,1H3,(H,27,28)/t21-/m1/s1. The van der Waals surface area contributed by atoms with Crippen LogP contribution in [0.2, 0.25) is 5.02 Å². The van der Waals surface area contributed by atoms with Gasteiger partial charge in [-0.05, 0) is 43.3 Å². The van der Waals surface area contributed by atoms with E-state index in [-0.39, 0.29) is 18.0 Å². The van der Waals surface area contributed by atoms with Crippen LogP contribution in [0.15, 0.2) is 53.6 Å². The molecule has 0 aliphatic carbocycles. The lowest BCUT2D eigenvalue weighted by molar-refractivity contribution is -0.144. The quantitative estimate of drug-likeness (QED) is 0.541. The average molecular weight is 478 g/mol. The van der Waals surface area contributed by atoms with Crippen molar-refractivity contribution in [3.63, 3.8) is 0 Å². The highest BCUT2D eigenvalue weighted by atomic mass is 35.5. The number of nitrogens with zero attached hydrogens (tertiary/aromatic N) is 2. The monoisotopic (exact) mass is 477 g/mol. The Labute approximate surface area is 191 Å². The number of benzene rings is 2. The van der Waals surface area contributed by atoms with Crippen molar-refractivity contribution in [1.29, 1.82) is 0 Å². The van der Waals surface area contributed by atoms with E-state index in [0.717, 1.165) is 10.9 Å². The lowest BCUT2D eigenvalue weighted by atomic mass is 10.0. The van der Waals surface area contributed by atoms with Crippen molar-refractivity contribution < 1.29 is 23.1 Å². The Balaban J connectivity index is 1.51. The summed E-state index contributed by atoms with van der Waals surface area (Å²) in [7, 11) is -3.67. The van der Waals surface area contributed by atoms with Gasteiger partial charge in [-0.1, -0.05) is 17.7 Å². The minimum Gasteiger partial charge on any atom is -0.494 e. The fourth-order valence-corrected chi connectivity index (χ4v) is 5.65. The van der Waals surface area contributed by atoms with Crippen molar-refractivity contribution in [1.82, 2.24) is 14.2 Å². The molecule has 0 radical (unpaired) electrons. The number of aromatic amines is 1. The number of halogens is 1. The number of ether oxygens (including phenoxy) is 1. The van der Waals surface area contributed by atoms with Gasteiger partial charge in [-0.25, -0.2) is 8.42 Å². The summed E-state index contributed by atoms with van der Waals surface area (Å²) in [6.07, 6.45) is 1.68. The first kappa shape index (κ1) is 22.6. The van der Waals surface area contributed by atoms with Gasteiger partial charge in [0.15, 0.2) is 0 Å². The van der Waals surface area contributed by atoms with E-state index < -0.39 is 22.0 Å². The van der Waals surface area contributed by atoms with E-state index in [1.807, 2.05) is 6.92 Å². The molecule has 0 unspecified atom stereocenters. The second-order valence-electron chi connectivity index (χ2n) is 7.52. The van der Waals surface area contributed by atoms with Crippen LogP contribution in [-0.4, -0.2) is 66.5 Å². The Morgan fingerprint density at radius 1 is 1.16 bits per heavy atom. The third kappa shape index (κ3) is 4.33. The van der Waals surface area contributed by atoms with E-state index in [0.29, 0.717) is 36.0 Å². The number of aromatic nitrogens is 1. The average Bonchev–Trinajstić information content (AvgIpc) is 3.17. The van der Waals surface area contributed by atoms with Crippen LogP contribution in [0.25, 0.3) is 10.9 Å². The number of piperazine rings is 1. The Morgan fingerprint density at radius 3 is 2.47 bits per heavy atom. The van der Waals surface area contributed by atoms with Gasteiger partial charge < -0.3 is 14.8 Å². The molecule has 3 aromatic rings. The summed E-state index contributed by atoms with van der Waals surface area (Å²) in [5, 5.41) is 11.3. The number of fused-ring (bicyclic) bond motifs is 1. The Bertz CT molecular complexity index is 1220. The number of nitrogens with one attached hydrogen (secondary N) is 1. The molecule has 0 spiro atoms. The van der Waals surface area contributed by atoms with Crippen LogP contribution in [0, 0.1) is 0 Å². The molecule has 1 atom stereocenters. The van der Waals surface area contributed by atoms with E-state index in [4.69, 9.17) is 16.3 Å². The highest BCUT2D eigenvalue weighted by Gasteiger charge is 2.35. The molecular formula is C22H24ClN3O5S. The lowest BCUT2D eigenvalue weighted by Gasteiger charge is -2.37. The van der Waals surface area contributed by atoms with E-state index in [1.54, 1.807) is 41.4 Å². The van der Waals surface area contributed by atoms with Crippen LogP contribution in [0.3, 0.4) is 0 Å². The molecule has 170 valence electrons. The topological polar surface area (TPSA) is 103 Å². The summed E-state index contributed by atoms with van der Waals surface area (Å²) in [6, 6.07) is 10.7. The van der Waals surface area contributed by atoms with Gasteiger partial charge in [0.05, 0.1) is 11.5 Å². The van der Waals surface area contributed by atoms with Crippen LogP contribution < -0.4 is 4.74 Å². The largest absolute Gasteiger partial charge is 0.494 e. The summed E-state index contributed by atoms with van der Waals surface area (Å²) < 4.78 is 32.8. The van der Waals surface area contributed by atoms with E-state index >= 15 is 0 Å². The number of hydrogen-bond donors (Lipinski definition) is 2. The maximum Gasteiger partial charge on any atom is 0.325 e. The molecule has 2 N–H and O–H groups in total. The van der Waals surface area contributed by atoms with Crippen LogP contribution >= 0.6 is 11.6 Å². The van der Waals surface area contributed by atoms with Gasteiger partial charge in [0.2, 0.25) is 10.0 Å². The van der Waals surface area contributed by atoms with Gasteiger partial charge in [0.1, 0.15) is 11.8 Å². The zero-order valence-electron chi connectivity index (χ0n) is 17.5. The molecule has 2 heterocycles. The number of carboxylic acids is 1. The first-order valence-corrected chi connectivity index (χ1v) is 12.1. The molecule has 8 nitrogen and oxygen atoms in total. The summed E-state index contributed by atoms with van der Waals surface area (Å²) in [4.78, 5) is 17.2. The number of sulfonamides is 1. The number of rotatable bonds is 7. The molecule has 0 amide bonds. The molecular weight excluding hydrogens is 454 g/mol. The van der Waals surface area contributed by atoms with Gasteiger partial charge in [-0.3, -0.25) is 9.69 Å². The predicted molar refractivity (Wildman–Crippen MR) is 122 cm³/mol. The molecule has 1 aliphatic heterocycles. The van der Waals surface area contributed by atoms with Crippen LogP contribution in [0.5, 0.6) is 5.75 Å². The van der Waals surface area contributed by atoms with E-state index in [1.165, 1.54) is 16.4 Å². The number of carboxylic acid groups (broad SMARTS) is 1. The van der Waals surface area contributed by atoms with Gasteiger partial charge in [-0.15, -0.1) is 0 Å². The molecule has 1 fully saturated rings. The van der Waals surface area contributed by atoms with Crippen LogP contribution in [-0.2, 0) is 14.8 Å². The maximum absolute atomic E-state index is 13.0. The second-order valence-corrected chi connectivity index (χ2v) is 9.89. The number of H-pyrrole nitrogens is 1. The zero-order valence-corrected chi connectivity index (χ0v) is 19.1. The van der Waals surface area contributed by atoms with Gasteiger partial charge in [0, 0.05) is 53.9 Å². The number of hydrogen-bond acceptors (Lipinski definition) is 5. The molecule has 32 heavy (non-hydrogen) atoms. The summed E-state index contributed by atoms with van der Waals surface area (Å²) in [5.74, 6) is -0.371. The van der Waals surface area contributed by atoms with Crippen molar-refractivity contribution >= 4 is 38.5 Å². The number of carbonyl (C=O) groups is 1. The van der Waals surface area contributed by atoms with Crippen molar-refractivity contribution in [2.24, 2.45) is 0 Å². The number of aliphatic carboxylic acids is 1. The predicted octanol–water partition coefficient (Wildman–Crippen LogP) is 3.35. The lowest BCUT2D eigenvalue weighted by Crippen LogP contribution is -2.50. The summed E-state index contributed by atoms with van der Waals surface area (Å²) in [6.45, 7) is 3.37. The summed E-state index contributed by atoms with van der Waals surface area (Å²) in [5.41, 5.74) is 1.39. The van der Waals surface area contributed by atoms with Gasteiger partial charge in [0.25, 0.3) is 0 Å². The van der Waals surface area contributed by atoms with Gasteiger partial charge in [-0.2, -0.15) is 4.31 Å². The minimum atomic E-state index is -3.67. The van der Waals surface area contributed by atoms with Crippen molar-refractivity contribution in [2.75, 3.05) is 32.8 Å². The van der Waals surface area contributed by atoms with Crippen molar-refractivity contribution in [3.8, 4) is 5.75 Å². The van der Waals surface area contributed by atoms with E-state index in [9.17, 15) is 18.3 Å². The Kier molecular flexibility index (Phi) is 6.43. The normalized spacial score (nSPS) is 16.8.